The molecule has 0 aromatic heterocycles. The molecular weight excluding hydrogens is 398 g/mol. The summed E-state index contributed by atoms with van der Waals surface area (Å²) < 4.78 is 27.0. The van der Waals surface area contributed by atoms with E-state index in [9.17, 15) is 4.79 Å². The number of nitrogens with zero attached hydrogens (tertiary/aromatic N) is 1. The van der Waals surface area contributed by atoms with Gasteiger partial charge >= 0.3 is 5.97 Å². The molecule has 31 heavy (non-hydrogen) atoms. The molecule has 1 unspecified atom stereocenters. The van der Waals surface area contributed by atoms with E-state index >= 15 is 0 Å². The maximum atomic E-state index is 12.2. The number of fused-ring (bicyclic) bond motifs is 1. The summed E-state index contributed by atoms with van der Waals surface area (Å²) in [4.78, 5) is 14.2. The normalized spacial score (nSPS) is 14.6. The monoisotopic (exact) mass is 427 g/mol. The van der Waals surface area contributed by atoms with Crippen LogP contribution in [-0.4, -0.2) is 52.5 Å². The van der Waals surface area contributed by atoms with Crippen LogP contribution in [0.25, 0.3) is 6.08 Å². The molecule has 0 bridgehead atoms. The molecule has 7 heteroatoms. The number of hydrogen-bond donors (Lipinski definition) is 0. The first kappa shape index (κ1) is 22.3. The van der Waals surface area contributed by atoms with Gasteiger partial charge in [-0.25, -0.2) is 0 Å². The number of carbonyl (C=O) groups excluding carboxylic acids is 1. The van der Waals surface area contributed by atoms with Crippen molar-refractivity contribution in [1.29, 1.82) is 0 Å². The van der Waals surface area contributed by atoms with Crippen molar-refractivity contribution >= 4 is 12.0 Å². The highest BCUT2D eigenvalue weighted by Crippen LogP contribution is 2.40. The van der Waals surface area contributed by atoms with Crippen LogP contribution in [0.4, 0.5) is 0 Å². The van der Waals surface area contributed by atoms with E-state index in [4.69, 9.17) is 23.7 Å². The number of carbonyl (C=O) groups is 1. The SMILES string of the molecule is CCOC(=O)CN1C=Cc2cc(OC)c(OC)cc2C1Cc1ccc(OC)c(OC)c1. The van der Waals surface area contributed by atoms with Gasteiger partial charge in [0.2, 0.25) is 0 Å². The summed E-state index contributed by atoms with van der Waals surface area (Å²) in [7, 11) is 6.46. The summed E-state index contributed by atoms with van der Waals surface area (Å²) in [6, 6.07) is 9.66. The molecule has 0 aliphatic carbocycles. The Hall–Kier alpha value is -3.35. The van der Waals surface area contributed by atoms with Crippen LogP contribution >= 0.6 is 0 Å². The lowest BCUT2D eigenvalue weighted by Crippen LogP contribution is -2.33. The summed E-state index contributed by atoms with van der Waals surface area (Å²) in [5.74, 6) is 2.37. The molecule has 1 atom stereocenters. The van der Waals surface area contributed by atoms with Gasteiger partial charge in [0, 0.05) is 6.20 Å². The average Bonchev–Trinajstić information content (AvgIpc) is 2.79. The van der Waals surface area contributed by atoms with E-state index in [2.05, 4.69) is 0 Å². The molecule has 1 heterocycles. The average molecular weight is 427 g/mol. The zero-order chi connectivity index (χ0) is 22.4. The molecule has 7 nitrogen and oxygen atoms in total. The Morgan fingerprint density at radius 3 is 2.19 bits per heavy atom. The molecule has 0 saturated carbocycles. The number of esters is 1. The zero-order valence-electron chi connectivity index (χ0n) is 18.6. The molecule has 0 amide bonds. The van der Waals surface area contributed by atoms with Gasteiger partial charge in [0.1, 0.15) is 6.54 Å². The van der Waals surface area contributed by atoms with Gasteiger partial charge in [0.05, 0.1) is 41.1 Å². The van der Waals surface area contributed by atoms with Gasteiger partial charge in [-0.15, -0.1) is 0 Å². The van der Waals surface area contributed by atoms with Gasteiger partial charge in [-0.2, -0.15) is 0 Å². The molecule has 166 valence electrons. The third-order valence-electron chi connectivity index (χ3n) is 5.29. The lowest BCUT2D eigenvalue weighted by molar-refractivity contribution is -0.144. The minimum atomic E-state index is -0.270. The molecule has 2 aromatic carbocycles. The predicted octanol–water partition coefficient (Wildman–Crippen LogP) is 3.85. The summed E-state index contributed by atoms with van der Waals surface area (Å²) >= 11 is 0. The Morgan fingerprint density at radius 1 is 0.903 bits per heavy atom. The summed E-state index contributed by atoms with van der Waals surface area (Å²) in [6.07, 6.45) is 4.55. The maximum absolute atomic E-state index is 12.2. The largest absolute Gasteiger partial charge is 0.493 e. The van der Waals surface area contributed by atoms with Crippen molar-refractivity contribution < 1.29 is 28.5 Å². The van der Waals surface area contributed by atoms with Gasteiger partial charge in [0.15, 0.2) is 23.0 Å². The lowest BCUT2D eigenvalue weighted by Gasteiger charge is -2.35. The van der Waals surface area contributed by atoms with Crippen molar-refractivity contribution in [2.75, 3.05) is 41.6 Å². The first-order chi connectivity index (χ1) is 15.0. The molecule has 0 spiro atoms. The lowest BCUT2D eigenvalue weighted by atomic mass is 9.90. The van der Waals surface area contributed by atoms with Gasteiger partial charge in [-0.1, -0.05) is 6.07 Å². The van der Waals surface area contributed by atoms with Crippen LogP contribution in [0.15, 0.2) is 36.5 Å². The van der Waals surface area contributed by atoms with E-state index in [0.29, 0.717) is 36.0 Å². The van der Waals surface area contributed by atoms with Crippen LogP contribution in [0.1, 0.15) is 29.7 Å². The van der Waals surface area contributed by atoms with Crippen LogP contribution in [0.5, 0.6) is 23.0 Å². The number of ether oxygens (including phenoxy) is 5. The van der Waals surface area contributed by atoms with Crippen molar-refractivity contribution in [2.45, 2.75) is 19.4 Å². The fraction of sp³-hybridized carbons (Fsp3) is 0.375. The summed E-state index contributed by atoms with van der Waals surface area (Å²) in [5, 5.41) is 0. The van der Waals surface area contributed by atoms with E-state index in [-0.39, 0.29) is 18.6 Å². The smallest absolute Gasteiger partial charge is 0.325 e. The van der Waals surface area contributed by atoms with E-state index in [1.165, 1.54) is 0 Å². The second-order valence-corrected chi connectivity index (χ2v) is 7.04. The van der Waals surface area contributed by atoms with Crippen LogP contribution in [0, 0.1) is 0 Å². The Morgan fingerprint density at radius 2 is 1.55 bits per heavy atom. The first-order valence-corrected chi connectivity index (χ1v) is 10.1. The second-order valence-electron chi connectivity index (χ2n) is 7.04. The van der Waals surface area contributed by atoms with E-state index in [0.717, 1.165) is 16.7 Å². The van der Waals surface area contributed by atoms with Crippen LogP contribution in [0.2, 0.25) is 0 Å². The van der Waals surface area contributed by atoms with Crippen molar-refractivity contribution in [3.63, 3.8) is 0 Å². The molecule has 0 saturated heterocycles. The van der Waals surface area contributed by atoms with Crippen molar-refractivity contribution in [1.82, 2.24) is 4.90 Å². The number of methoxy groups -OCH3 is 4. The third-order valence-corrected chi connectivity index (χ3v) is 5.29. The Balaban J connectivity index is 2.01. The first-order valence-electron chi connectivity index (χ1n) is 10.1. The van der Waals surface area contributed by atoms with Crippen molar-refractivity contribution in [2.24, 2.45) is 0 Å². The maximum Gasteiger partial charge on any atom is 0.325 e. The van der Waals surface area contributed by atoms with Crippen molar-refractivity contribution in [3.05, 3.63) is 53.2 Å². The Bertz CT molecular complexity index is 955. The van der Waals surface area contributed by atoms with Crippen LogP contribution in [-0.2, 0) is 16.0 Å². The molecular formula is C24H29NO6. The van der Waals surface area contributed by atoms with E-state index in [1.54, 1.807) is 35.4 Å². The van der Waals surface area contributed by atoms with Crippen LogP contribution in [0.3, 0.4) is 0 Å². The van der Waals surface area contributed by atoms with Gasteiger partial charge in [0.25, 0.3) is 0 Å². The second kappa shape index (κ2) is 10.1. The van der Waals surface area contributed by atoms with Crippen molar-refractivity contribution in [3.8, 4) is 23.0 Å². The predicted molar refractivity (Wildman–Crippen MR) is 118 cm³/mol. The minimum absolute atomic E-state index is 0.109. The van der Waals surface area contributed by atoms with Crippen LogP contribution < -0.4 is 18.9 Å². The fourth-order valence-electron chi connectivity index (χ4n) is 3.78. The summed E-state index contributed by atoms with van der Waals surface area (Å²) in [5.41, 5.74) is 3.11. The molecule has 0 N–H and O–H groups in total. The zero-order valence-corrected chi connectivity index (χ0v) is 18.6. The highest BCUT2D eigenvalue weighted by molar-refractivity contribution is 5.73. The van der Waals surface area contributed by atoms with E-state index < -0.39 is 0 Å². The number of benzene rings is 2. The standard InChI is InChI=1S/C24H29NO6/c1-6-31-24(26)15-25-10-9-17-13-22(29-4)23(30-5)14-18(17)19(25)11-16-7-8-20(27-2)21(12-16)28-3/h7-10,12-14,19H,6,11,15H2,1-5H3. The molecule has 0 radical (unpaired) electrons. The van der Waals surface area contributed by atoms with Gasteiger partial charge in [-0.05, 0) is 60.4 Å². The highest BCUT2D eigenvalue weighted by atomic mass is 16.5. The summed E-state index contributed by atoms with van der Waals surface area (Å²) in [6.45, 7) is 2.30. The number of hydrogen-bond acceptors (Lipinski definition) is 7. The molecule has 1 aliphatic rings. The Kier molecular flexibility index (Phi) is 7.28. The highest BCUT2D eigenvalue weighted by Gasteiger charge is 2.28. The fourth-order valence-corrected chi connectivity index (χ4v) is 3.78. The molecule has 1 aliphatic heterocycles. The molecule has 2 aromatic rings. The quantitative estimate of drug-likeness (QED) is 0.563. The van der Waals surface area contributed by atoms with Gasteiger partial charge < -0.3 is 28.6 Å². The van der Waals surface area contributed by atoms with E-state index in [1.807, 2.05) is 47.5 Å². The number of rotatable bonds is 9. The Labute approximate surface area is 183 Å². The van der Waals surface area contributed by atoms with Gasteiger partial charge in [-0.3, -0.25) is 4.79 Å². The molecule has 3 rings (SSSR count). The molecule has 0 fully saturated rings. The third kappa shape index (κ3) is 4.87. The topological polar surface area (TPSA) is 66.5 Å². The minimum Gasteiger partial charge on any atom is -0.493 e.